The minimum atomic E-state index is -1.75. The molecule has 8 rings (SSSR count). The average Bonchev–Trinajstić information content (AvgIpc) is 3.63. The number of aliphatic hydroxyl groups is 13. The Bertz CT molecular complexity index is 1780. The normalized spacial score (nSPS) is 52.7. The maximum absolute atomic E-state index is 13.9. The number of ketones is 1. The van der Waals surface area contributed by atoms with E-state index in [1.807, 2.05) is 13.8 Å². The maximum atomic E-state index is 13.9. The van der Waals surface area contributed by atoms with Crippen molar-refractivity contribution < 1.29 is 109 Å². The smallest absolute Gasteiger partial charge is 0.187 e. The van der Waals surface area contributed by atoms with Crippen LogP contribution in [0.2, 0.25) is 0 Å². The minimum Gasteiger partial charge on any atom is -0.394 e. The van der Waals surface area contributed by atoms with E-state index in [1.165, 1.54) is 6.92 Å². The summed E-state index contributed by atoms with van der Waals surface area (Å²) in [6.07, 6.45) is -21.6. The fraction of sp³-hybridized carbons (Fsp3) is 0.980. The van der Waals surface area contributed by atoms with E-state index in [0.29, 0.717) is 37.5 Å². The largest absolute Gasteiger partial charge is 0.394 e. The van der Waals surface area contributed by atoms with Crippen molar-refractivity contribution in [1.29, 1.82) is 0 Å². The zero-order chi connectivity index (χ0) is 52.3. The molecular weight excluding hydrogens is 953 g/mol. The van der Waals surface area contributed by atoms with Gasteiger partial charge in [-0.15, -0.1) is 0 Å². The van der Waals surface area contributed by atoms with Crippen molar-refractivity contribution in [3.05, 3.63) is 0 Å². The van der Waals surface area contributed by atoms with Crippen molar-refractivity contribution in [2.75, 3.05) is 26.4 Å². The Morgan fingerprint density at radius 3 is 1.96 bits per heavy atom. The molecule has 4 saturated carbocycles. The van der Waals surface area contributed by atoms with E-state index in [0.717, 1.165) is 32.1 Å². The standard InChI is InChI=1S/C50H84O22/c1-20(18-65-45-41(63)37(59)36(58)31(16-51)69-45)6-9-28(53)21(2)33-29(54)15-27-25-8-7-23-14-24(10-12-49(23,4)26(25)11-13-50(27,33)5)68-47-42(64)39(61)43(32(17-52)70-47)71-48-44(38(60)34(56)22(3)67-48)72-46-40(62)35(57)30(55)19-66-46/h20-27,29-48,51-52,54-64H,6-19H2,1-5H3. The predicted octanol–water partition coefficient (Wildman–Crippen LogP) is -2.45. The van der Waals surface area contributed by atoms with Crippen LogP contribution in [0.4, 0.5) is 0 Å². The van der Waals surface area contributed by atoms with Gasteiger partial charge in [-0.2, -0.15) is 0 Å². The summed E-state index contributed by atoms with van der Waals surface area (Å²) in [6.45, 7) is 8.44. The second-order valence-corrected chi connectivity index (χ2v) is 23.3. The number of rotatable bonds is 16. The van der Waals surface area contributed by atoms with Gasteiger partial charge in [0.25, 0.3) is 0 Å². The number of hydrogen-bond donors (Lipinski definition) is 13. The monoisotopic (exact) mass is 1040 g/mol. The lowest BCUT2D eigenvalue weighted by molar-refractivity contribution is -0.383. The van der Waals surface area contributed by atoms with Crippen molar-refractivity contribution in [3.8, 4) is 0 Å². The van der Waals surface area contributed by atoms with Gasteiger partial charge in [-0.1, -0.05) is 27.7 Å². The van der Waals surface area contributed by atoms with Crippen LogP contribution in [0.5, 0.6) is 0 Å². The van der Waals surface area contributed by atoms with Crippen LogP contribution < -0.4 is 0 Å². The molecule has 4 heterocycles. The SMILES string of the molecule is CC(CCC(=O)C(C)C1C(O)CC2C3CCC4CC(OC5OC(CO)C(OC6OC(C)C(O)C(O)C6OC6OCC(O)C(O)C6O)C(O)C5O)CCC4(C)C3CCC21C)COC1OC(CO)C(O)C(O)C1O. The highest BCUT2D eigenvalue weighted by molar-refractivity contribution is 5.81. The van der Waals surface area contributed by atoms with Gasteiger partial charge < -0.3 is 104 Å². The first-order valence-electron chi connectivity index (χ1n) is 26.4. The van der Waals surface area contributed by atoms with E-state index in [4.69, 9.17) is 37.9 Å². The van der Waals surface area contributed by atoms with Crippen molar-refractivity contribution in [2.24, 2.45) is 52.3 Å². The van der Waals surface area contributed by atoms with Gasteiger partial charge in [0.1, 0.15) is 91.2 Å². The van der Waals surface area contributed by atoms with E-state index in [1.54, 1.807) is 0 Å². The molecule has 22 heteroatoms. The van der Waals surface area contributed by atoms with Crippen LogP contribution >= 0.6 is 0 Å². The molecule has 416 valence electrons. The highest BCUT2D eigenvalue weighted by Crippen LogP contribution is 2.68. The van der Waals surface area contributed by atoms with Gasteiger partial charge in [0.15, 0.2) is 25.2 Å². The number of fused-ring (bicyclic) bond motifs is 5. The molecule has 72 heavy (non-hydrogen) atoms. The van der Waals surface area contributed by atoms with E-state index in [2.05, 4.69) is 13.8 Å². The lowest BCUT2D eigenvalue weighted by Gasteiger charge is -2.61. The third-order valence-electron chi connectivity index (χ3n) is 19.0. The van der Waals surface area contributed by atoms with Crippen LogP contribution in [-0.2, 0) is 42.7 Å². The van der Waals surface area contributed by atoms with E-state index >= 15 is 0 Å². The van der Waals surface area contributed by atoms with Crippen LogP contribution in [0.1, 0.15) is 98.8 Å². The highest BCUT2D eigenvalue weighted by atomic mass is 16.8. The summed E-state index contributed by atoms with van der Waals surface area (Å²) >= 11 is 0. The average molecular weight is 1040 g/mol. The molecule has 0 aromatic rings. The Kier molecular flexibility index (Phi) is 18.2. The van der Waals surface area contributed by atoms with Crippen LogP contribution in [0, 0.1) is 52.3 Å². The summed E-state index contributed by atoms with van der Waals surface area (Å²) in [7, 11) is 0. The van der Waals surface area contributed by atoms with E-state index < -0.39 is 143 Å². The molecule has 8 aliphatic rings. The molecule has 0 radical (unpaired) electrons. The highest BCUT2D eigenvalue weighted by Gasteiger charge is 2.64. The Morgan fingerprint density at radius 2 is 1.25 bits per heavy atom. The van der Waals surface area contributed by atoms with Crippen LogP contribution in [0.25, 0.3) is 0 Å². The lowest BCUT2D eigenvalue weighted by atomic mass is 9.44. The molecule has 0 amide bonds. The molecule has 30 atom stereocenters. The van der Waals surface area contributed by atoms with Gasteiger partial charge in [0.05, 0.1) is 44.7 Å². The Morgan fingerprint density at radius 1 is 0.611 bits per heavy atom. The van der Waals surface area contributed by atoms with Gasteiger partial charge >= 0.3 is 0 Å². The van der Waals surface area contributed by atoms with Gasteiger partial charge in [-0.3, -0.25) is 4.79 Å². The third-order valence-corrected chi connectivity index (χ3v) is 19.0. The van der Waals surface area contributed by atoms with Crippen LogP contribution in [0.15, 0.2) is 0 Å². The molecule has 22 nitrogen and oxygen atoms in total. The molecule has 4 aliphatic carbocycles. The van der Waals surface area contributed by atoms with Gasteiger partial charge in [0, 0.05) is 12.3 Å². The number of carbonyl (C=O) groups is 1. The number of aliphatic hydroxyl groups excluding tert-OH is 13. The molecule has 0 aromatic carbocycles. The molecule has 0 bridgehead atoms. The van der Waals surface area contributed by atoms with Crippen molar-refractivity contribution in [1.82, 2.24) is 0 Å². The summed E-state index contributed by atoms with van der Waals surface area (Å²) in [5.74, 6) is 0.699. The maximum Gasteiger partial charge on any atom is 0.187 e. The second kappa shape index (κ2) is 23.0. The van der Waals surface area contributed by atoms with Gasteiger partial charge in [0.2, 0.25) is 0 Å². The molecule has 0 spiro atoms. The number of carbonyl (C=O) groups excluding carboxylic acids is 1. The molecule has 13 N–H and O–H groups in total. The Balaban J connectivity index is 0.839. The first-order chi connectivity index (χ1) is 34.0. The molecule has 30 unspecified atom stereocenters. The van der Waals surface area contributed by atoms with Crippen molar-refractivity contribution >= 4 is 5.78 Å². The fourth-order valence-corrected chi connectivity index (χ4v) is 14.7. The Labute approximate surface area is 420 Å². The number of Topliss-reactive ketones (excluding diaryl/α,β-unsaturated/α-hetero) is 1. The van der Waals surface area contributed by atoms with Gasteiger partial charge in [-0.25, -0.2) is 0 Å². The molecule has 0 aromatic heterocycles. The minimum absolute atomic E-state index is 0.0228. The van der Waals surface area contributed by atoms with Crippen LogP contribution in [0.3, 0.4) is 0 Å². The second-order valence-electron chi connectivity index (χ2n) is 23.3. The van der Waals surface area contributed by atoms with Gasteiger partial charge in [-0.05, 0) is 111 Å². The van der Waals surface area contributed by atoms with Crippen LogP contribution in [-0.4, -0.2) is 228 Å². The number of ether oxygens (including phenoxy) is 8. The molecular formula is C50H84O22. The molecule has 4 aliphatic heterocycles. The Hall–Kier alpha value is -1.17. The summed E-state index contributed by atoms with van der Waals surface area (Å²) in [4.78, 5) is 13.9. The lowest BCUT2D eigenvalue weighted by Crippen LogP contribution is -2.66. The summed E-state index contributed by atoms with van der Waals surface area (Å²) < 4.78 is 46.7. The quantitative estimate of drug-likeness (QED) is 0.0714. The van der Waals surface area contributed by atoms with Crippen molar-refractivity contribution in [3.63, 3.8) is 0 Å². The zero-order valence-corrected chi connectivity index (χ0v) is 42.1. The first kappa shape index (κ1) is 57.0. The zero-order valence-electron chi connectivity index (χ0n) is 42.1. The molecule has 8 fully saturated rings. The summed E-state index contributed by atoms with van der Waals surface area (Å²) in [6, 6.07) is 0. The molecule has 4 saturated heterocycles. The van der Waals surface area contributed by atoms with E-state index in [-0.39, 0.29) is 65.3 Å². The summed E-state index contributed by atoms with van der Waals surface area (Å²) in [5, 5.41) is 138. The fourth-order valence-electron chi connectivity index (χ4n) is 14.7. The summed E-state index contributed by atoms with van der Waals surface area (Å²) in [5.41, 5.74) is -0.251. The predicted molar refractivity (Wildman–Crippen MR) is 245 cm³/mol. The van der Waals surface area contributed by atoms with E-state index in [9.17, 15) is 71.2 Å². The van der Waals surface area contributed by atoms with Crippen molar-refractivity contribution in [2.45, 2.75) is 228 Å². The number of hydrogen-bond acceptors (Lipinski definition) is 22. The third kappa shape index (κ3) is 10.9. The first-order valence-corrected chi connectivity index (χ1v) is 26.4. The topological polar surface area (TPSA) is 354 Å².